The van der Waals surface area contributed by atoms with E-state index in [1.165, 1.54) is 4.90 Å². The van der Waals surface area contributed by atoms with E-state index in [9.17, 15) is 4.79 Å². The molecule has 2 aromatic rings. The second kappa shape index (κ2) is 6.97. The van der Waals surface area contributed by atoms with Gasteiger partial charge >= 0.3 is 0 Å². The third-order valence-electron chi connectivity index (χ3n) is 6.21. The van der Waals surface area contributed by atoms with E-state index in [4.69, 9.17) is 10.7 Å². The molecule has 1 amide bonds. The second-order valence-electron chi connectivity index (χ2n) is 8.01. The number of rotatable bonds is 2. The Morgan fingerprint density at radius 3 is 2.72 bits per heavy atom. The van der Waals surface area contributed by atoms with E-state index in [1.54, 1.807) is 24.6 Å². The van der Waals surface area contributed by atoms with Gasteiger partial charge in [-0.2, -0.15) is 0 Å². The fraction of sp³-hybridized carbons (Fsp3) is 0.409. The van der Waals surface area contributed by atoms with Gasteiger partial charge in [0.1, 0.15) is 5.54 Å². The van der Waals surface area contributed by atoms with Crippen molar-refractivity contribution in [2.45, 2.75) is 25.8 Å². The predicted octanol–water partition coefficient (Wildman–Crippen LogP) is 2.51. The van der Waals surface area contributed by atoms with Gasteiger partial charge in [-0.1, -0.05) is 5.92 Å². The lowest BCUT2D eigenvalue weighted by Gasteiger charge is -2.47. The van der Waals surface area contributed by atoms with Gasteiger partial charge in [-0.3, -0.25) is 14.7 Å². The lowest BCUT2D eigenvalue weighted by molar-refractivity contribution is -0.142. The molecule has 1 fully saturated rings. The lowest BCUT2D eigenvalue weighted by Crippen LogP contribution is -2.61. The molecule has 7 heteroatoms. The number of hydrogen-bond acceptors (Lipinski definition) is 6. The van der Waals surface area contributed by atoms with Crippen LogP contribution in [0.25, 0.3) is 11.1 Å². The topological polar surface area (TPSA) is 74.8 Å². The van der Waals surface area contributed by atoms with Gasteiger partial charge in [0.2, 0.25) is 5.91 Å². The summed E-state index contributed by atoms with van der Waals surface area (Å²) in [6.07, 6.45) is 4.36. The molecule has 0 bridgehead atoms. The first-order valence-electron chi connectivity index (χ1n) is 9.60. The van der Waals surface area contributed by atoms with Crippen LogP contribution in [0, 0.1) is 17.3 Å². The Bertz CT molecular complexity index is 1060. The largest absolute Gasteiger partial charge is 0.369 e. The Balaban J connectivity index is 1.81. The summed E-state index contributed by atoms with van der Waals surface area (Å²) in [7, 11) is 3.77. The molecular weight excluding hydrogens is 382 g/mol. The highest BCUT2D eigenvalue weighted by Gasteiger charge is 2.61. The maximum absolute atomic E-state index is 13.4. The van der Waals surface area contributed by atoms with E-state index >= 15 is 0 Å². The number of amides is 1. The minimum atomic E-state index is -0.706. The summed E-state index contributed by atoms with van der Waals surface area (Å²) in [5.74, 6) is 6.29. The zero-order chi connectivity index (χ0) is 20.8. The molecule has 2 aromatic heterocycles. The number of nitrogens with two attached hydrogens (primary N) is 1. The average molecular weight is 408 g/mol. The predicted molar refractivity (Wildman–Crippen MR) is 116 cm³/mol. The zero-order valence-corrected chi connectivity index (χ0v) is 18.0. The molecule has 29 heavy (non-hydrogen) atoms. The molecular formula is C22H25N5OS. The third-order valence-corrected chi connectivity index (χ3v) is 7.35. The average Bonchev–Trinajstić information content (AvgIpc) is 3.34. The summed E-state index contributed by atoms with van der Waals surface area (Å²) in [6.45, 7) is 5.40. The standard InChI is InChI=1S/C22H25N5OS/c1-5-6-15-9-16(12-24-11-15)17-10-18(29-13-17)21(2)22(7-8-26(3)14-22)19(28)27(4)20(23)25-21/h9-13H,7-8,14H2,1-4H3,(H2,23,25)/t21-,22+/m1/s1. The highest BCUT2D eigenvalue weighted by Crippen LogP contribution is 2.53. The number of nitrogens with zero attached hydrogens (tertiary/aromatic N) is 4. The van der Waals surface area contributed by atoms with Crippen molar-refractivity contribution in [2.24, 2.45) is 16.1 Å². The van der Waals surface area contributed by atoms with Gasteiger partial charge in [0.15, 0.2) is 5.96 Å². The van der Waals surface area contributed by atoms with E-state index in [0.717, 1.165) is 34.5 Å². The van der Waals surface area contributed by atoms with Crippen LogP contribution in [0.3, 0.4) is 0 Å². The van der Waals surface area contributed by atoms with Crippen LogP contribution >= 0.6 is 11.3 Å². The first-order chi connectivity index (χ1) is 13.8. The fourth-order valence-electron chi connectivity index (χ4n) is 4.46. The molecule has 1 spiro atoms. The highest BCUT2D eigenvalue weighted by molar-refractivity contribution is 7.10. The Morgan fingerprint density at radius 1 is 1.24 bits per heavy atom. The fourth-order valence-corrected chi connectivity index (χ4v) is 5.58. The van der Waals surface area contributed by atoms with Crippen LogP contribution < -0.4 is 5.73 Å². The molecule has 2 atom stereocenters. The quantitative estimate of drug-likeness (QED) is 0.777. The maximum atomic E-state index is 13.4. The third kappa shape index (κ3) is 2.95. The van der Waals surface area contributed by atoms with Gasteiger partial charge in [0, 0.05) is 42.0 Å². The molecule has 6 nitrogen and oxygen atoms in total. The van der Waals surface area contributed by atoms with E-state index < -0.39 is 11.0 Å². The van der Waals surface area contributed by atoms with Crippen LogP contribution in [-0.2, 0) is 10.3 Å². The molecule has 4 rings (SSSR count). The maximum Gasteiger partial charge on any atom is 0.239 e. The van der Waals surface area contributed by atoms with Gasteiger partial charge in [-0.25, -0.2) is 4.99 Å². The van der Waals surface area contributed by atoms with Crippen LogP contribution in [0.4, 0.5) is 0 Å². The van der Waals surface area contributed by atoms with Crippen LogP contribution in [0.2, 0.25) is 0 Å². The van der Waals surface area contributed by atoms with Crippen molar-refractivity contribution in [3.63, 3.8) is 0 Å². The number of aliphatic imine (C=N–C) groups is 1. The van der Waals surface area contributed by atoms with Crippen molar-refractivity contribution in [2.75, 3.05) is 27.2 Å². The van der Waals surface area contributed by atoms with Gasteiger partial charge in [0.25, 0.3) is 0 Å². The molecule has 2 N–H and O–H groups in total. The highest BCUT2D eigenvalue weighted by atomic mass is 32.1. The molecule has 0 aromatic carbocycles. The molecule has 0 saturated carbocycles. The van der Waals surface area contributed by atoms with Crippen molar-refractivity contribution < 1.29 is 4.79 Å². The van der Waals surface area contributed by atoms with Crippen molar-refractivity contribution in [3.8, 4) is 23.0 Å². The molecule has 2 aliphatic heterocycles. The number of carbonyl (C=O) groups excluding carboxylic acids is 1. The van der Waals surface area contributed by atoms with Crippen LogP contribution in [0.1, 0.15) is 30.7 Å². The Morgan fingerprint density at radius 2 is 2.03 bits per heavy atom. The number of pyridine rings is 1. The molecule has 0 unspecified atom stereocenters. The lowest BCUT2D eigenvalue weighted by atomic mass is 9.67. The molecule has 0 radical (unpaired) electrons. The van der Waals surface area contributed by atoms with Gasteiger partial charge in [-0.15, -0.1) is 17.3 Å². The van der Waals surface area contributed by atoms with Crippen LogP contribution in [0.5, 0.6) is 0 Å². The number of hydrogen-bond donors (Lipinski definition) is 1. The summed E-state index contributed by atoms with van der Waals surface area (Å²) >= 11 is 1.62. The SMILES string of the molecule is CC#Cc1cncc(-c2csc([C@@]3(C)N=C(N)N(C)C(=O)[C@@]34CCN(C)C4)c2)c1. The van der Waals surface area contributed by atoms with E-state index in [-0.39, 0.29) is 11.9 Å². The summed E-state index contributed by atoms with van der Waals surface area (Å²) in [5, 5.41) is 2.10. The number of guanidine groups is 1. The summed E-state index contributed by atoms with van der Waals surface area (Å²) in [4.78, 5) is 27.4. The minimum absolute atomic E-state index is 0.0497. The van der Waals surface area contributed by atoms with Crippen molar-refractivity contribution in [1.82, 2.24) is 14.8 Å². The minimum Gasteiger partial charge on any atom is -0.369 e. The molecule has 150 valence electrons. The summed E-state index contributed by atoms with van der Waals surface area (Å²) in [5.41, 5.74) is 7.78. The smallest absolute Gasteiger partial charge is 0.239 e. The Hall–Kier alpha value is -2.69. The van der Waals surface area contributed by atoms with Crippen molar-refractivity contribution in [1.29, 1.82) is 0 Å². The first-order valence-corrected chi connectivity index (χ1v) is 10.5. The van der Waals surface area contributed by atoms with Gasteiger partial charge in [0.05, 0.1) is 5.41 Å². The number of carbonyl (C=O) groups is 1. The zero-order valence-electron chi connectivity index (χ0n) is 17.2. The van der Waals surface area contributed by atoms with E-state index in [0.29, 0.717) is 6.54 Å². The van der Waals surface area contributed by atoms with Crippen molar-refractivity contribution in [3.05, 3.63) is 40.3 Å². The van der Waals surface area contributed by atoms with Crippen LogP contribution in [0.15, 0.2) is 34.9 Å². The van der Waals surface area contributed by atoms with Gasteiger partial charge in [-0.05, 0) is 56.9 Å². The normalized spacial score (nSPS) is 27.1. The monoisotopic (exact) mass is 407 g/mol. The second-order valence-corrected chi connectivity index (χ2v) is 8.92. The number of likely N-dealkylation sites (tertiary alicyclic amines) is 1. The van der Waals surface area contributed by atoms with Crippen molar-refractivity contribution >= 4 is 23.2 Å². The van der Waals surface area contributed by atoms with Crippen LogP contribution in [-0.4, -0.2) is 53.8 Å². The number of thiophene rings is 1. The van der Waals surface area contributed by atoms with E-state index in [1.807, 2.05) is 19.2 Å². The molecule has 1 saturated heterocycles. The molecule has 4 heterocycles. The molecule has 2 aliphatic rings. The van der Waals surface area contributed by atoms with Gasteiger partial charge < -0.3 is 10.6 Å². The summed E-state index contributed by atoms with van der Waals surface area (Å²) < 4.78 is 0. The Labute approximate surface area is 175 Å². The Kier molecular flexibility index (Phi) is 4.72. The molecule has 0 aliphatic carbocycles. The van der Waals surface area contributed by atoms with E-state index in [2.05, 4.69) is 47.1 Å². The first kappa shape index (κ1) is 19.6. The number of aromatic nitrogens is 1. The summed E-state index contributed by atoms with van der Waals surface area (Å²) in [6, 6.07) is 4.16.